The fourth-order valence-electron chi connectivity index (χ4n) is 4.94. The van der Waals surface area contributed by atoms with E-state index >= 15 is 0 Å². The van der Waals surface area contributed by atoms with E-state index in [-0.39, 0.29) is 23.5 Å². The zero-order valence-electron chi connectivity index (χ0n) is 18.0. The number of hydrogen-bond acceptors (Lipinski definition) is 4. The Balaban J connectivity index is 1.49. The van der Waals surface area contributed by atoms with Crippen LogP contribution in [0.1, 0.15) is 54.9 Å². The molecule has 8 nitrogen and oxygen atoms in total. The predicted octanol–water partition coefficient (Wildman–Crippen LogP) is 2.03. The molecule has 3 heterocycles. The number of amides is 2. The van der Waals surface area contributed by atoms with E-state index in [2.05, 4.69) is 4.98 Å². The van der Waals surface area contributed by atoms with Crippen molar-refractivity contribution in [2.45, 2.75) is 45.1 Å². The minimum absolute atomic E-state index is 0.0843. The van der Waals surface area contributed by atoms with Gasteiger partial charge in [-0.1, -0.05) is 13.8 Å². The van der Waals surface area contributed by atoms with Crippen LogP contribution in [-0.4, -0.2) is 65.9 Å². The van der Waals surface area contributed by atoms with Crippen LogP contribution in [0.3, 0.4) is 0 Å². The number of H-pyrrole nitrogens is 1. The van der Waals surface area contributed by atoms with Crippen LogP contribution in [0.4, 0.5) is 0 Å². The molecule has 2 aliphatic rings. The molecule has 4 rings (SSSR count). The van der Waals surface area contributed by atoms with Gasteiger partial charge >= 0.3 is 0 Å². The lowest BCUT2D eigenvalue weighted by molar-refractivity contribution is -0.137. The Bertz CT molecular complexity index is 1100. The van der Waals surface area contributed by atoms with Gasteiger partial charge in [0.1, 0.15) is 6.04 Å². The summed E-state index contributed by atoms with van der Waals surface area (Å²) in [6, 6.07) is 4.77. The molecule has 0 bridgehead atoms. The van der Waals surface area contributed by atoms with Crippen molar-refractivity contribution in [2.24, 2.45) is 11.7 Å². The highest BCUT2D eigenvalue weighted by molar-refractivity contribution is 7.89. The molecule has 9 heteroatoms. The number of nitrogens with zero attached hydrogens (tertiary/aromatic N) is 2. The molecular weight excluding hydrogens is 416 g/mol. The molecule has 0 saturated carbocycles. The number of hydrogen-bond donors (Lipinski definition) is 2. The molecule has 1 aromatic carbocycles. The van der Waals surface area contributed by atoms with E-state index in [9.17, 15) is 18.0 Å². The molecule has 2 saturated heterocycles. The van der Waals surface area contributed by atoms with Crippen LogP contribution in [0.25, 0.3) is 10.9 Å². The fourth-order valence-corrected chi connectivity index (χ4v) is 6.76. The number of nitrogens with two attached hydrogens (primary N) is 1. The highest BCUT2D eigenvalue weighted by Gasteiger charge is 2.42. The smallest absolute Gasteiger partial charge is 0.248 e. The fraction of sp³-hybridized carbons (Fsp3) is 0.545. The number of nitrogens with one attached hydrogen (secondary N) is 1. The summed E-state index contributed by atoms with van der Waals surface area (Å²) < 4.78 is 26.3. The van der Waals surface area contributed by atoms with Crippen molar-refractivity contribution in [3.8, 4) is 0 Å². The summed E-state index contributed by atoms with van der Waals surface area (Å²) in [6.07, 6.45) is 4.13. The van der Waals surface area contributed by atoms with Gasteiger partial charge in [0.05, 0.1) is 5.75 Å². The third-order valence-electron chi connectivity index (χ3n) is 6.58. The van der Waals surface area contributed by atoms with Crippen molar-refractivity contribution >= 4 is 32.7 Å². The molecule has 2 fully saturated rings. The first-order valence-electron chi connectivity index (χ1n) is 10.9. The number of piperidine rings is 1. The summed E-state index contributed by atoms with van der Waals surface area (Å²) in [5, 5.41) is 0.990. The Morgan fingerprint density at radius 1 is 1.16 bits per heavy atom. The molecular formula is C22H30N4O4S. The van der Waals surface area contributed by atoms with Gasteiger partial charge in [-0.2, -0.15) is 4.31 Å². The van der Waals surface area contributed by atoms with Crippen LogP contribution >= 0.6 is 0 Å². The van der Waals surface area contributed by atoms with Crippen molar-refractivity contribution in [3.63, 3.8) is 0 Å². The van der Waals surface area contributed by atoms with Crippen LogP contribution in [0.2, 0.25) is 0 Å². The van der Waals surface area contributed by atoms with Gasteiger partial charge in [-0.3, -0.25) is 9.59 Å². The van der Waals surface area contributed by atoms with Gasteiger partial charge in [0.25, 0.3) is 0 Å². The topological polar surface area (TPSA) is 117 Å². The maximum absolute atomic E-state index is 13.3. The molecule has 2 amide bonds. The normalized spacial score (nSPS) is 21.1. The second kappa shape index (κ2) is 8.27. The van der Waals surface area contributed by atoms with Crippen molar-refractivity contribution in [1.82, 2.24) is 14.2 Å². The number of aromatic nitrogens is 1. The van der Waals surface area contributed by atoms with Crippen molar-refractivity contribution < 1.29 is 18.0 Å². The molecule has 31 heavy (non-hydrogen) atoms. The van der Waals surface area contributed by atoms with E-state index in [1.807, 2.05) is 37.1 Å². The van der Waals surface area contributed by atoms with Crippen LogP contribution in [0, 0.1) is 5.92 Å². The summed E-state index contributed by atoms with van der Waals surface area (Å²) in [6.45, 7) is 5.41. The van der Waals surface area contributed by atoms with Gasteiger partial charge in [-0.05, 0) is 54.9 Å². The molecule has 1 unspecified atom stereocenters. The first-order chi connectivity index (χ1) is 14.7. The number of rotatable bonds is 5. The zero-order chi connectivity index (χ0) is 22.3. The Morgan fingerprint density at radius 2 is 1.87 bits per heavy atom. The monoisotopic (exact) mass is 446 g/mol. The van der Waals surface area contributed by atoms with E-state index in [0.29, 0.717) is 31.6 Å². The number of primary amides is 1. The Labute approximate surface area is 182 Å². The molecule has 1 atom stereocenters. The van der Waals surface area contributed by atoms with E-state index < -0.39 is 22.0 Å². The van der Waals surface area contributed by atoms with Crippen molar-refractivity contribution in [2.75, 3.05) is 25.4 Å². The van der Waals surface area contributed by atoms with E-state index in [1.54, 1.807) is 6.07 Å². The lowest BCUT2D eigenvalue weighted by atomic mass is 9.88. The minimum Gasteiger partial charge on any atom is -0.366 e. The minimum atomic E-state index is -3.35. The average molecular weight is 447 g/mol. The molecule has 168 valence electrons. The van der Waals surface area contributed by atoms with Gasteiger partial charge in [0, 0.05) is 42.3 Å². The Hall–Kier alpha value is -2.39. The van der Waals surface area contributed by atoms with Gasteiger partial charge in [0.2, 0.25) is 21.8 Å². The second-order valence-electron chi connectivity index (χ2n) is 8.94. The molecule has 0 radical (unpaired) electrons. The first kappa shape index (κ1) is 21.8. The number of likely N-dealkylation sites (tertiary alicyclic amines) is 1. The molecule has 0 aliphatic carbocycles. The van der Waals surface area contributed by atoms with E-state index in [0.717, 1.165) is 29.3 Å². The summed E-state index contributed by atoms with van der Waals surface area (Å²) in [4.78, 5) is 29.9. The highest BCUT2D eigenvalue weighted by Crippen LogP contribution is 2.34. The molecule has 3 N–H and O–H groups in total. The molecule has 2 aliphatic heterocycles. The van der Waals surface area contributed by atoms with E-state index in [1.165, 1.54) is 4.31 Å². The van der Waals surface area contributed by atoms with Crippen LogP contribution < -0.4 is 5.73 Å². The van der Waals surface area contributed by atoms with Gasteiger partial charge < -0.3 is 15.6 Å². The Kier molecular flexibility index (Phi) is 5.83. The quantitative estimate of drug-likeness (QED) is 0.731. The van der Waals surface area contributed by atoms with Crippen molar-refractivity contribution in [3.05, 3.63) is 35.5 Å². The number of aromatic amines is 1. The largest absolute Gasteiger partial charge is 0.366 e. The third-order valence-corrected chi connectivity index (χ3v) is 8.51. The summed E-state index contributed by atoms with van der Waals surface area (Å²) in [7, 11) is -3.35. The van der Waals surface area contributed by atoms with Gasteiger partial charge in [-0.25, -0.2) is 8.42 Å². The summed E-state index contributed by atoms with van der Waals surface area (Å²) in [5.74, 6) is -0.243. The number of benzene rings is 1. The molecule has 1 aromatic heterocycles. The lowest BCUT2D eigenvalue weighted by Crippen LogP contribution is -2.53. The second-order valence-corrected chi connectivity index (χ2v) is 11.0. The van der Waals surface area contributed by atoms with E-state index in [4.69, 9.17) is 5.73 Å². The van der Waals surface area contributed by atoms with Crippen LogP contribution in [0.15, 0.2) is 24.4 Å². The number of fused-ring (bicyclic) bond motifs is 1. The zero-order valence-corrected chi connectivity index (χ0v) is 18.8. The first-order valence-corrected chi connectivity index (χ1v) is 12.5. The number of carbonyl (C=O) groups is 2. The Morgan fingerprint density at radius 3 is 2.45 bits per heavy atom. The molecule has 0 spiro atoms. The maximum Gasteiger partial charge on any atom is 0.248 e. The van der Waals surface area contributed by atoms with Crippen LogP contribution in [0.5, 0.6) is 0 Å². The van der Waals surface area contributed by atoms with Gasteiger partial charge in [-0.15, -0.1) is 0 Å². The number of carbonyl (C=O) groups excluding carboxylic acids is 2. The van der Waals surface area contributed by atoms with Crippen molar-refractivity contribution in [1.29, 1.82) is 0 Å². The average Bonchev–Trinajstić information content (AvgIpc) is 3.30. The summed E-state index contributed by atoms with van der Waals surface area (Å²) >= 11 is 0. The van der Waals surface area contributed by atoms with Crippen LogP contribution in [-0.2, 0) is 14.8 Å². The molecule has 2 aromatic rings. The maximum atomic E-state index is 13.3. The number of sulfonamides is 1. The third kappa shape index (κ3) is 4.08. The van der Waals surface area contributed by atoms with Gasteiger partial charge in [0.15, 0.2) is 0 Å². The standard InChI is InChI=1S/C22H30N4O4S/c1-14(2)20(26-8-3-11-31(26,29)30)22(28)25-9-6-15(7-10-25)18-13-24-19-5-4-16(21(23)27)12-17(18)19/h4-5,12-15,20,24H,3,6-11H2,1-2H3,(H2,23,27). The highest BCUT2D eigenvalue weighted by atomic mass is 32.2. The SMILES string of the molecule is CC(C)C(C(=O)N1CCC(c2c[nH]c3ccc(C(N)=O)cc23)CC1)N1CCCS1(=O)=O. The lowest BCUT2D eigenvalue weighted by Gasteiger charge is -2.37. The summed E-state index contributed by atoms with van der Waals surface area (Å²) in [5.41, 5.74) is 8.00. The predicted molar refractivity (Wildman–Crippen MR) is 119 cm³/mol.